The summed E-state index contributed by atoms with van der Waals surface area (Å²) in [4.78, 5) is 7.18. The molecule has 0 aliphatic carbocycles. The molecule has 2 saturated heterocycles. The van der Waals surface area contributed by atoms with Crippen molar-refractivity contribution in [2.75, 3.05) is 13.1 Å². The Morgan fingerprint density at radius 2 is 2.05 bits per heavy atom. The minimum atomic E-state index is 0.784. The fourth-order valence-corrected chi connectivity index (χ4v) is 3.97. The van der Waals surface area contributed by atoms with Gasteiger partial charge in [-0.25, -0.2) is 4.98 Å². The van der Waals surface area contributed by atoms with Crippen molar-refractivity contribution in [3.8, 4) is 0 Å². The minimum absolute atomic E-state index is 0.784. The van der Waals surface area contributed by atoms with E-state index >= 15 is 0 Å². The molecule has 1 aromatic heterocycles. The number of nitrogens with zero attached hydrogens (tertiary/aromatic N) is 3. The third kappa shape index (κ3) is 3.07. The van der Waals surface area contributed by atoms with Gasteiger partial charge in [-0.15, -0.1) is 0 Å². The number of aromatic nitrogens is 2. The second-order valence-electron chi connectivity index (χ2n) is 6.50. The third-order valence-corrected chi connectivity index (χ3v) is 5.02. The number of nitrogens with one attached hydrogen (secondary N) is 1. The quantitative estimate of drug-likeness (QED) is 0.862. The first-order valence-corrected chi connectivity index (χ1v) is 8.22. The van der Waals surface area contributed by atoms with E-state index in [4.69, 9.17) is 0 Å². The Morgan fingerprint density at radius 3 is 2.65 bits per heavy atom. The summed E-state index contributed by atoms with van der Waals surface area (Å²) >= 11 is 0. The van der Waals surface area contributed by atoms with Crippen molar-refractivity contribution in [1.29, 1.82) is 0 Å². The van der Waals surface area contributed by atoms with Crippen LogP contribution in [-0.2, 0) is 13.5 Å². The van der Waals surface area contributed by atoms with E-state index < -0.39 is 0 Å². The maximum absolute atomic E-state index is 4.46. The molecule has 112 valence electrons. The maximum Gasteiger partial charge on any atom is 0.109 e. The van der Waals surface area contributed by atoms with Crippen molar-refractivity contribution in [2.45, 2.75) is 63.6 Å². The fraction of sp³-hybridized carbons (Fsp3) is 0.812. The van der Waals surface area contributed by atoms with Gasteiger partial charge in [0.1, 0.15) is 5.82 Å². The second-order valence-corrected chi connectivity index (χ2v) is 6.50. The highest BCUT2D eigenvalue weighted by Gasteiger charge is 2.35. The van der Waals surface area contributed by atoms with Crippen molar-refractivity contribution >= 4 is 0 Å². The number of imidazole rings is 1. The van der Waals surface area contributed by atoms with Gasteiger partial charge in [-0.3, -0.25) is 4.90 Å². The summed E-state index contributed by atoms with van der Waals surface area (Å²) in [6, 6.07) is 2.35. The minimum Gasteiger partial charge on any atom is -0.338 e. The highest BCUT2D eigenvalue weighted by Crippen LogP contribution is 2.29. The van der Waals surface area contributed by atoms with Crippen LogP contribution in [0.15, 0.2) is 12.4 Å². The van der Waals surface area contributed by atoms with E-state index in [0.717, 1.165) is 31.1 Å². The summed E-state index contributed by atoms with van der Waals surface area (Å²) < 4.78 is 2.15. The highest BCUT2D eigenvalue weighted by molar-refractivity contribution is 4.97. The van der Waals surface area contributed by atoms with Crippen LogP contribution in [0.1, 0.15) is 44.9 Å². The first-order chi connectivity index (χ1) is 9.76. The molecule has 2 bridgehead atoms. The summed E-state index contributed by atoms with van der Waals surface area (Å²) in [5.41, 5.74) is 0. The molecular formula is C16H28N4. The maximum atomic E-state index is 4.46. The lowest BCUT2D eigenvalue weighted by Crippen LogP contribution is -2.49. The Morgan fingerprint density at radius 1 is 1.30 bits per heavy atom. The molecule has 2 unspecified atom stereocenters. The van der Waals surface area contributed by atoms with Crippen molar-refractivity contribution in [2.24, 2.45) is 7.05 Å². The second kappa shape index (κ2) is 6.27. The van der Waals surface area contributed by atoms with Crippen LogP contribution < -0.4 is 5.32 Å². The zero-order chi connectivity index (χ0) is 13.9. The molecular weight excluding hydrogens is 248 g/mol. The molecule has 2 fully saturated rings. The molecule has 2 atom stereocenters. The molecule has 1 N–H and O–H groups in total. The van der Waals surface area contributed by atoms with Gasteiger partial charge in [0.2, 0.25) is 0 Å². The summed E-state index contributed by atoms with van der Waals surface area (Å²) in [5, 5.41) is 3.75. The molecule has 2 aliphatic heterocycles. The van der Waals surface area contributed by atoms with Crippen LogP contribution >= 0.6 is 0 Å². The van der Waals surface area contributed by atoms with Crippen LogP contribution in [0.25, 0.3) is 0 Å². The molecule has 0 radical (unpaired) electrons. The summed E-state index contributed by atoms with van der Waals surface area (Å²) in [5.74, 6) is 1.21. The van der Waals surface area contributed by atoms with E-state index in [2.05, 4.69) is 33.7 Å². The van der Waals surface area contributed by atoms with Gasteiger partial charge in [0.05, 0.1) is 0 Å². The molecule has 4 heteroatoms. The van der Waals surface area contributed by atoms with Crippen LogP contribution in [-0.4, -0.2) is 45.7 Å². The van der Waals surface area contributed by atoms with Gasteiger partial charge in [-0.2, -0.15) is 0 Å². The molecule has 20 heavy (non-hydrogen) atoms. The van der Waals surface area contributed by atoms with E-state index in [-0.39, 0.29) is 0 Å². The van der Waals surface area contributed by atoms with Crippen molar-refractivity contribution < 1.29 is 0 Å². The number of hydrogen-bond donors (Lipinski definition) is 1. The average molecular weight is 276 g/mol. The van der Waals surface area contributed by atoms with Gasteiger partial charge in [-0.05, 0) is 38.6 Å². The Hall–Kier alpha value is -0.870. The number of aryl methyl sites for hydroxylation is 1. The molecule has 0 aromatic carbocycles. The zero-order valence-electron chi connectivity index (χ0n) is 12.9. The topological polar surface area (TPSA) is 33.1 Å². The summed E-state index contributed by atoms with van der Waals surface area (Å²) in [6.45, 7) is 4.68. The van der Waals surface area contributed by atoms with Crippen LogP contribution in [0.4, 0.5) is 0 Å². The van der Waals surface area contributed by atoms with Crippen molar-refractivity contribution in [1.82, 2.24) is 19.8 Å². The normalized spacial score (nSPS) is 29.2. The third-order valence-electron chi connectivity index (χ3n) is 5.02. The first-order valence-electron chi connectivity index (χ1n) is 8.22. The zero-order valence-corrected chi connectivity index (χ0v) is 12.9. The van der Waals surface area contributed by atoms with Gasteiger partial charge in [-0.1, -0.05) is 6.92 Å². The fourth-order valence-electron chi connectivity index (χ4n) is 3.97. The molecule has 2 aliphatic rings. The van der Waals surface area contributed by atoms with Crippen molar-refractivity contribution in [3.63, 3.8) is 0 Å². The standard InChI is InChI=1S/C16H28N4/c1-3-8-20(9-6-16-17-7-10-19(16)2)15-11-13-4-5-14(12-15)18-13/h7,10,13-15,18H,3-6,8-9,11-12H2,1-2H3. The molecule has 0 amide bonds. The lowest BCUT2D eigenvalue weighted by atomic mass is 9.97. The van der Waals surface area contributed by atoms with Gasteiger partial charge < -0.3 is 9.88 Å². The predicted molar refractivity (Wildman–Crippen MR) is 81.7 cm³/mol. The highest BCUT2D eigenvalue weighted by atomic mass is 15.2. The Kier molecular flexibility index (Phi) is 4.41. The van der Waals surface area contributed by atoms with Crippen LogP contribution in [0, 0.1) is 0 Å². The first kappa shape index (κ1) is 14.1. The van der Waals surface area contributed by atoms with Crippen LogP contribution in [0.5, 0.6) is 0 Å². The molecule has 1 aromatic rings. The monoisotopic (exact) mass is 276 g/mol. The van der Waals surface area contributed by atoms with E-state index in [1.54, 1.807) is 0 Å². The Bertz CT molecular complexity index is 416. The lowest BCUT2D eigenvalue weighted by Gasteiger charge is -2.37. The summed E-state index contributed by atoms with van der Waals surface area (Å²) in [6.07, 6.45) is 11.7. The van der Waals surface area contributed by atoms with Gasteiger partial charge in [0.15, 0.2) is 0 Å². The van der Waals surface area contributed by atoms with Crippen LogP contribution in [0.2, 0.25) is 0 Å². The Balaban J connectivity index is 1.59. The number of piperidine rings is 1. The largest absolute Gasteiger partial charge is 0.338 e. The van der Waals surface area contributed by atoms with Crippen LogP contribution in [0.3, 0.4) is 0 Å². The van der Waals surface area contributed by atoms with E-state index in [1.807, 2.05) is 12.4 Å². The molecule has 0 saturated carbocycles. The molecule has 4 nitrogen and oxygen atoms in total. The molecule has 3 heterocycles. The smallest absolute Gasteiger partial charge is 0.109 e. The number of fused-ring (bicyclic) bond motifs is 2. The van der Waals surface area contributed by atoms with Gasteiger partial charge >= 0.3 is 0 Å². The number of rotatable bonds is 6. The van der Waals surface area contributed by atoms with E-state index in [1.165, 1.54) is 44.5 Å². The molecule has 0 spiro atoms. The van der Waals surface area contributed by atoms with E-state index in [0.29, 0.717) is 0 Å². The molecule has 3 rings (SSSR count). The predicted octanol–water partition coefficient (Wildman–Crippen LogP) is 1.96. The number of hydrogen-bond acceptors (Lipinski definition) is 3. The van der Waals surface area contributed by atoms with Crippen molar-refractivity contribution in [3.05, 3.63) is 18.2 Å². The van der Waals surface area contributed by atoms with E-state index in [9.17, 15) is 0 Å². The summed E-state index contributed by atoms with van der Waals surface area (Å²) in [7, 11) is 2.09. The van der Waals surface area contributed by atoms with Gasteiger partial charge in [0.25, 0.3) is 0 Å². The lowest BCUT2D eigenvalue weighted by molar-refractivity contribution is 0.141. The van der Waals surface area contributed by atoms with Gasteiger partial charge in [0, 0.05) is 50.5 Å². The Labute approximate surface area is 122 Å². The SMILES string of the molecule is CCCN(CCc1nccn1C)C1CC2CCC(C1)N2. The average Bonchev–Trinajstić information content (AvgIpc) is 3.00.